The summed E-state index contributed by atoms with van der Waals surface area (Å²) in [4.78, 5) is 15.4. The summed E-state index contributed by atoms with van der Waals surface area (Å²) in [7, 11) is 1.59. The predicted molar refractivity (Wildman–Crippen MR) is 115 cm³/mol. The van der Waals surface area contributed by atoms with Gasteiger partial charge < -0.3 is 19.2 Å². The van der Waals surface area contributed by atoms with E-state index in [0.29, 0.717) is 23.6 Å². The number of aromatic nitrogens is 1. The van der Waals surface area contributed by atoms with Gasteiger partial charge >= 0.3 is 0 Å². The molecule has 1 N–H and O–H groups in total. The number of hydrogen-bond donors (Lipinski definition) is 1. The molecule has 2 aromatic rings. The van der Waals surface area contributed by atoms with Gasteiger partial charge in [-0.2, -0.15) is 0 Å². The molecule has 152 valence electrons. The van der Waals surface area contributed by atoms with E-state index in [0.717, 1.165) is 18.2 Å². The van der Waals surface area contributed by atoms with Gasteiger partial charge in [-0.25, -0.2) is 0 Å². The van der Waals surface area contributed by atoms with Gasteiger partial charge in [0.15, 0.2) is 5.75 Å². The highest BCUT2D eigenvalue weighted by molar-refractivity contribution is 5.88. The summed E-state index contributed by atoms with van der Waals surface area (Å²) < 4.78 is 17.0. The molecule has 0 unspecified atom stereocenters. The number of ether oxygens (including phenoxy) is 3. The van der Waals surface area contributed by atoms with Crippen molar-refractivity contribution in [3.63, 3.8) is 0 Å². The van der Waals surface area contributed by atoms with Crippen LogP contribution in [0.4, 0.5) is 0 Å². The number of allylic oxidation sites excluding steroid dienone is 3. The van der Waals surface area contributed by atoms with E-state index in [9.17, 15) is 4.79 Å². The van der Waals surface area contributed by atoms with E-state index < -0.39 is 0 Å². The fraction of sp³-hybridized carbons (Fsp3) is 0.435. The van der Waals surface area contributed by atoms with Crippen LogP contribution >= 0.6 is 0 Å². The molecule has 0 aliphatic carbocycles. The molecular formula is C23H31NO4. The second-order valence-corrected chi connectivity index (χ2v) is 7.37. The van der Waals surface area contributed by atoms with Crippen LogP contribution in [0.15, 0.2) is 46.3 Å². The Bertz CT molecular complexity index is 918. The van der Waals surface area contributed by atoms with Gasteiger partial charge in [0.25, 0.3) is 5.56 Å². The molecule has 0 fully saturated rings. The van der Waals surface area contributed by atoms with E-state index in [2.05, 4.69) is 37.9 Å². The molecule has 0 spiro atoms. The quantitative estimate of drug-likeness (QED) is 0.588. The number of aromatic amines is 1. The van der Waals surface area contributed by atoms with Crippen molar-refractivity contribution in [2.75, 3.05) is 13.7 Å². The van der Waals surface area contributed by atoms with Gasteiger partial charge in [0.1, 0.15) is 12.4 Å². The largest absolute Gasteiger partial charge is 0.497 e. The van der Waals surface area contributed by atoms with Gasteiger partial charge in [-0.15, -0.1) is 0 Å². The van der Waals surface area contributed by atoms with E-state index in [4.69, 9.17) is 14.2 Å². The number of nitrogens with one attached hydrogen (secondary N) is 1. The number of methoxy groups -OCH3 is 1. The number of rotatable bonds is 9. The Balaban J connectivity index is 2.31. The number of benzene rings is 1. The summed E-state index contributed by atoms with van der Waals surface area (Å²) in [5.41, 5.74) is 2.91. The van der Waals surface area contributed by atoms with E-state index in [-0.39, 0.29) is 17.4 Å². The highest BCUT2D eigenvalue weighted by Crippen LogP contribution is 2.34. The zero-order chi connectivity index (χ0) is 20.7. The first-order chi connectivity index (χ1) is 13.3. The third-order valence-electron chi connectivity index (χ3n) is 4.24. The Morgan fingerprint density at radius 1 is 1.14 bits per heavy atom. The molecule has 1 aromatic heterocycles. The lowest BCUT2D eigenvalue weighted by Crippen LogP contribution is -2.18. The first-order valence-electron chi connectivity index (χ1n) is 9.64. The molecule has 1 aromatic carbocycles. The number of fused-ring (bicyclic) bond motifs is 1. The van der Waals surface area contributed by atoms with Crippen LogP contribution in [0, 0.1) is 0 Å². The van der Waals surface area contributed by atoms with Gasteiger partial charge in [-0.05, 0) is 65.7 Å². The lowest BCUT2D eigenvalue weighted by Gasteiger charge is -2.16. The van der Waals surface area contributed by atoms with E-state index >= 15 is 0 Å². The average molecular weight is 386 g/mol. The SMILES string of the molecule is COc1ccc2c(OC/C=C(\C)CCC=C(C)C)c(OC(C)C)c(=O)[nH]c2c1. The van der Waals surface area contributed by atoms with Crippen LogP contribution in [0.2, 0.25) is 0 Å². The van der Waals surface area contributed by atoms with E-state index in [1.807, 2.05) is 26.0 Å². The maximum atomic E-state index is 12.6. The Labute approximate surface area is 167 Å². The van der Waals surface area contributed by atoms with Gasteiger partial charge in [0, 0.05) is 11.5 Å². The minimum atomic E-state index is -0.311. The van der Waals surface area contributed by atoms with Gasteiger partial charge in [0.05, 0.1) is 18.7 Å². The molecule has 0 amide bonds. The summed E-state index contributed by atoms with van der Waals surface area (Å²) in [5, 5.41) is 0.784. The molecule has 1 heterocycles. The zero-order valence-electron chi connectivity index (χ0n) is 17.7. The second kappa shape index (κ2) is 10.0. The van der Waals surface area contributed by atoms with Crippen LogP contribution in [-0.4, -0.2) is 24.8 Å². The molecule has 5 nitrogen and oxygen atoms in total. The van der Waals surface area contributed by atoms with Crippen LogP contribution in [0.5, 0.6) is 17.2 Å². The molecule has 0 atom stereocenters. The van der Waals surface area contributed by atoms with Gasteiger partial charge in [-0.3, -0.25) is 4.79 Å². The molecule has 0 bridgehead atoms. The van der Waals surface area contributed by atoms with Crippen molar-refractivity contribution in [1.82, 2.24) is 4.98 Å². The van der Waals surface area contributed by atoms with Crippen molar-refractivity contribution in [1.29, 1.82) is 0 Å². The topological polar surface area (TPSA) is 60.6 Å². The Hall–Kier alpha value is -2.69. The molecule has 0 aliphatic rings. The Morgan fingerprint density at radius 2 is 1.89 bits per heavy atom. The van der Waals surface area contributed by atoms with Crippen LogP contribution < -0.4 is 19.8 Å². The lowest BCUT2D eigenvalue weighted by atomic mass is 10.1. The minimum absolute atomic E-state index is 0.138. The van der Waals surface area contributed by atoms with Gasteiger partial charge in [0.2, 0.25) is 5.75 Å². The third kappa shape index (κ3) is 5.91. The van der Waals surface area contributed by atoms with Gasteiger partial charge in [-0.1, -0.05) is 17.2 Å². The fourth-order valence-corrected chi connectivity index (χ4v) is 2.80. The van der Waals surface area contributed by atoms with Crippen molar-refractivity contribution in [3.05, 3.63) is 51.9 Å². The highest BCUT2D eigenvalue weighted by Gasteiger charge is 2.17. The van der Waals surface area contributed by atoms with Crippen molar-refractivity contribution >= 4 is 10.9 Å². The molecule has 0 saturated carbocycles. The van der Waals surface area contributed by atoms with Crippen LogP contribution in [-0.2, 0) is 0 Å². The van der Waals surface area contributed by atoms with Crippen molar-refractivity contribution < 1.29 is 14.2 Å². The molecule has 0 aliphatic heterocycles. The third-order valence-corrected chi connectivity index (χ3v) is 4.24. The maximum absolute atomic E-state index is 12.6. The summed E-state index contributed by atoms with van der Waals surface area (Å²) in [6.07, 6.45) is 6.14. The lowest BCUT2D eigenvalue weighted by molar-refractivity contribution is 0.224. The molecule has 28 heavy (non-hydrogen) atoms. The van der Waals surface area contributed by atoms with E-state index in [1.54, 1.807) is 13.2 Å². The molecule has 0 radical (unpaired) electrons. The summed E-state index contributed by atoms with van der Waals surface area (Å²) in [5.74, 6) is 1.34. The molecule has 0 saturated heterocycles. The first-order valence-corrected chi connectivity index (χ1v) is 9.64. The van der Waals surface area contributed by atoms with E-state index in [1.165, 1.54) is 11.1 Å². The second-order valence-electron chi connectivity index (χ2n) is 7.37. The number of hydrogen-bond acceptors (Lipinski definition) is 4. The maximum Gasteiger partial charge on any atom is 0.294 e. The normalized spacial score (nSPS) is 11.6. The van der Waals surface area contributed by atoms with Crippen molar-refractivity contribution in [3.8, 4) is 17.2 Å². The van der Waals surface area contributed by atoms with Crippen LogP contribution in [0.3, 0.4) is 0 Å². The summed E-state index contributed by atoms with van der Waals surface area (Å²) >= 11 is 0. The fourth-order valence-electron chi connectivity index (χ4n) is 2.80. The number of pyridine rings is 1. The summed E-state index contributed by atoms with van der Waals surface area (Å²) in [6.45, 7) is 10.4. The van der Waals surface area contributed by atoms with Crippen molar-refractivity contribution in [2.24, 2.45) is 0 Å². The van der Waals surface area contributed by atoms with Crippen LogP contribution in [0.25, 0.3) is 10.9 Å². The van der Waals surface area contributed by atoms with Crippen LogP contribution in [0.1, 0.15) is 47.5 Å². The molecule has 2 rings (SSSR count). The summed E-state index contributed by atoms with van der Waals surface area (Å²) in [6, 6.07) is 5.49. The minimum Gasteiger partial charge on any atom is -0.497 e. The molecule has 5 heteroatoms. The Morgan fingerprint density at radius 3 is 2.54 bits per heavy atom. The number of H-pyrrole nitrogens is 1. The van der Waals surface area contributed by atoms with Crippen molar-refractivity contribution in [2.45, 2.75) is 53.6 Å². The first kappa shape index (κ1) is 21.6. The molecular weight excluding hydrogens is 354 g/mol. The predicted octanol–water partition coefficient (Wildman–Crippen LogP) is 5.40. The smallest absolute Gasteiger partial charge is 0.294 e. The monoisotopic (exact) mass is 385 g/mol. The Kier molecular flexibility index (Phi) is 7.73. The zero-order valence-corrected chi connectivity index (χ0v) is 17.7. The standard InChI is InChI=1S/C23H31NO4/c1-15(2)8-7-9-17(5)12-13-27-21-19-11-10-18(26-6)14-20(19)24-23(25)22(21)28-16(3)4/h8,10-12,14,16H,7,9,13H2,1-6H3,(H,24,25)/b17-12+. The highest BCUT2D eigenvalue weighted by atomic mass is 16.5. The average Bonchev–Trinajstić information content (AvgIpc) is 2.63.